The highest BCUT2D eigenvalue weighted by molar-refractivity contribution is 6.31. The Morgan fingerprint density at radius 1 is 0.941 bits per heavy atom. The predicted molar refractivity (Wildman–Crippen MR) is 122 cm³/mol. The summed E-state index contributed by atoms with van der Waals surface area (Å²) in [5, 5.41) is 0.918. The molecule has 0 amide bonds. The quantitative estimate of drug-likeness (QED) is 0.512. The highest BCUT2D eigenvalue weighted by Crippen LogP contribution is 2.30. The van der Waals surface area contributed by atoms with Gasteiger partial charge in [-0.05, 0) is 48.5 Å². The van der Waals surface area contributed by atoms with Gasteiger partial charge in [-0.25, -0.2) is 19.0 Å². The molecule has 0 saturated carbocycles. The number of hydrogen-bond donors (Lipinski definition) is 1. The minimum Gasteiger partial charge on any atom is -0.459 e. The highest BCUT2D eigenvalue weighted by atomic mass is 35.5. The summed E-state index contributed by atoms with van der Waals surface area (Å²) in [4.78, 5) is 51.9. The van der Waals surface area contributed by atoms with Crippen molar-refractivity contribution in [2.75, 3.05) is 6.61 Å². The molecule has 1 aliphatic rings. The van der Waals surface area contributed by atoms with Crippen molar-refractivity contribution in [2.24, 2.45) is 0 Å². The third-order valence-corrected chi connectivity index (χ3v) is 5.66. The number of nitrogens with one attached hydrogen (secondary N) is 1. The number of hydrogen-bond acceptors (Lipinski definition) is 7. The maximum Gasteiger partial charge on any atom is 0.338 e. The van der Waals surface area contributed by atoms with Gasteiger partial charge in [-0.2, -0.15) is 0 Å². The Hall–Kier alpha value is -3.40. The van der Waals surface area contributed by atoms with Gasteiger partial charge in [0.15, 0.2) is 0 Å². The monoisotopic (exact) mass is 504 g/mol. The van der Waals surface area contributed by atoms with Gasteiger partial charge in [-0.15, -0.1) is 0 Å². The number of esters is 2. The number of ether oxygens (including phenoxy) is 3. The van der Waals surface area contributed by atoms with E-state index in [1.165, 1.54) is 36.5 Å². The van der Waals surface area contributed by atoms with E-state index in [4.69, 9.17) is 37.4 Å². The second-order valence-corrected chi connectivity index (χ2v) is 8.28. The second-order valence-electron chi connectivity index (χ2n) is 7.41. The van der Waals surface area contributed by atoms with E-state index in [0.29, 0.717) is 10.0 Å². The van der Waals surface area contributed by atoms with Crippen molar-refractivity contribution in [3.05, 3.63) is 103 Å². The summed E-state index contributed by atoms with van der Waals surface area (Å²) in [7, 11) is 0. The lowest BCUT2D eigenvalue weighted by atomic mass is 10.1. The number of carbonyl (C=O) groups excluding carboxylic acids is 2. The molecule has 3 aromatic rings. The Morgan fingerprint density at radius 3 is 2.12 bits per heavy atom. The normalized spacial score (nSPS) is 19.5. The van der Waals surface area contributed by atoms with Gasteiger partial charge in [0.1, 0.15) is 25.0 Å². The van der Waals surface area contributed by atoms with Crippen molar-refractivity contribution in [3.63, 3.8) is 0 Å². The van der Waals surface area contributed by atoms with E-state index in [9.17, 15) is 19.2 Å². The fraction of sp³-hybridized carbons (Fsp3) is 0.217. The van der Waals surface area contributed by atoms with Gasteiger partial charge in [0.2, 0.25) is 0 Å². The van der Waals surface area contributed by atoms with E-state index in [1.54, 1.807) is 24.3 Å². The lowest BCUT2D eigenvalue weighted by molar-refractivity contribution is -0.0589. The molecule has 1 saturated heterocycles. The van der Waals surface area contributed by atoms with Gasteiger partial charge >= 0.3 is 17.6 Å². The molecule has 0 spiro atoms. The van der Waals surface area contributed by atoms with Crippen molar-refractivity contribution >= 4 is 35.1 Å². The van der Waals surface area contributed by atoms with Crippen molar-refractivity contribution in [1.82, 2.24) is 9.55 Å². The van der Waals surface area contributed by atoms with Gasteiger partial charge in [-0.3, -0.25) is 4.79 Å². The van der Waals surface area contributed by atoms with E-state index in [1.807, 2.05) is 0 Å². The Labute approximate surface area is 202 Å². The van der Waals surface area contributed by atoms with Crippen LogP contribution in [0.2, 0.25) is 10.0 Å². The molecule has 1 unspecified atom stereocenters. The molecule has 9 nitrogen and oxygen atoms in total. The zero-order valence-corrected chi connectivity index (χ0v) is 19.0. The third kappa shape index (κ3) is 5.39. The molecule has 0 radical (unpaired) electrons. The fourth-order valence-electron chi connectivity index (χ4n) is 3.46. The maximum absolute atomic E-state index is 12.6. The van der Waals surface area contributed by atoms with Gasteiger partial charge < -0.3 is 19.2 Å². The average molecular weight is 505 g/mol. The summed E-state index contributed by atoms with van der Waals surface area (Å²) in [6, 6.07) is 13.4. The van der Waals surface area contributed by atoms with Crippen LogP contribution < -0.4 is 11.2 Å². The molecule has 1 aromatic heterocycles. The lowest BCUT2D eigenvalue weighted by Gasteiger charge is -2.19. The Kier molecular flexibility index (Phi) is 7.16. The standard InChI is InChI=1S/C23H18Cl2N2O7/c24-15-5-1-13(2-6-15)21(29)32-12-18-17(34-22(30)14-3-7-16(25)8-4-14)11-20(33-18)27-19(28)9-10-26-23(27)31/h1-10,17-18,20H,11-12H2,(H,26,31)/t17-,18?,20-/m1/s1. The van der Waals surface area contributed by atoms with Crippen molar-refractivity contribution in [2.45, 2.75) is 24.9 Å². The number of aromatic nitrogens is 2. The molecule has 1 N–H and O–H groups in total. The van der Waals surface area contributed by atoms with Crippen molar-refractivity contribution < 1.29 is 23.8 Å². The Balaban J connectivity index is 1.52. The van der Waals surface area contributed by atoms with E-state index in [2.05, 4.69) is 4.98 Å². The topological polar surface area (TPSA) is 117 Å². The van der Waals surface area contributed by atoms with Crippen molar-refractivity contribution in [1.29, 1.82) is 0 Å². The molecule has 3 atom stereocenters. The van der Waals surface area contributed by atoms with Crippen LogP contribution >= 0.6 is 23.2 Å². The highest BCUT2D eigenvalue weighted by Gasteiger charge is 2.41. The first-order valence-electron chi connectivity index (χ1n) is 10.2. The van der Waals surface area contributed by atoms with Gasteiger partial charge in [-0.1, -0.05) is 23.2 Å². The third-order valence-electron chi connectivity index (χ3n) is 5.15. The molecule has 2 heterocycles. The Morgan fingerprint density at radius 2 is 1.53 bits per heavy atom. The number of nitrogens with zero attached hydrogens (tertiary/aromatic N) is 1. The molecule has 34 heavy (non-hydrogen) atoms. The fourth-order valence-corrected chi connectivity index (χ4v) is 3.71. The number of halogens is 2. The number of aromatic amines is 1. The molecule has 176 valence electrons. The zero-order valence-electron chi connectivity index (χ0n) is 17.5. The number of carbonyl (C=O) groups is 2. The summed E-state index contributed by atoms with van der Waals surface area (Å²) in [6.45, 7) is -0.282. The van der Waals surface area contributed by atoms with E-state index >= 15 is 0 Å². The molecular weight excluding hydrogens is 487 g/mol. The lowest BCUT2D eigenvalue weighted by Crippen LogP contribution is -2.37. The van der Waals surface area contributed by atoms with Crippen molar-refractivity contribution in [3.8, 4) is 0 Å². The molecule has 0 aliphatic carbocycles. The average Bonchev–Trinajstić information content (AvgIpc) is 3.20. The molecule has 1 aliphatic heterocycles. The second kappa shape index (κ2) is 10.3. The minimum atomic E-state index is -1.03. The van der Waals surface area contributed by atoms with Gasteiger partial charge in [0.25, 0.3) is 5.56 Å². The van der Waals surface area contributed by atoms with E-state index in [-0.39, 0.29) is 24.2 Å². The molecule has 0 bridgehead atoms. The largest absolute Gasteiger partial charge is 0.459 e. The minimum absolute atomic E-state index is 0.00447. The van der Waals surface area contributed by atoms with Crippen LogP contribution in [-0.4, -0.2) is 40.3 Å². The first-order valence-corrected chi connectivity index (χ1v) is 10.9. The molecule has 4 rings (SSSR count). The summed E-state index contributed by atoms with van der Waals surface area (Å²) >= 11 is 11.7. The molecule has 11 heteroatoms. The predicted octanol–water partition coefficient (Wildman–Crippen LogP) is 3.21. The molecular formula is C23H18Cl2N2O7. The van der Waals surface area contributed by atoms with E-state index < -0.39 is 41.6 Å². The Bertz CT molecular complexity index is 1270. The number of H-pyrrole nitrogens is 1. The van der Waals surface area contributed by atoms with Crippen LogP contribution in [0.15, 0.2) is 70.4 Å². The first kappa shape index (κ1) is 23.7. The van der Waals surface area contributed by atoms with Gasteiger partial charge in [0, 0.05) is 28.7 Å². The molecule has 1 fully saturated rings. The van der Waals surface area contributed by atoms with E-state index in [0.717, 1.165) is 4.57 Å². The SMILES string of the molecule is O=C(OCC1O[C@@H](n2c(=O)cc[nH]c2=O)C[C@H]1OC(=O)c1ccc(Cl)cc1)c1ccc(Cl)cc1. The number of benzene rings is 2. The van der Waals surface area contributed by atoms with Crippen LogP contribution in [0.25, 0.3) is 0 Å². The number of rotatable bonds is 6. The smallest absolute Gasteiger partial charge is 0.338 e. The maximum atomic E-state index is 12.6. The summed E-state index contributed by atoms with van der Waals surface area (Å²) in [6.07, 6.45) is -1.64. The zero-order chi connectivity index (χ0) is 24.2. The summed E-state index contributed by atoms with van der Waals surface area (Å²) in [5.41, 5.74) is -0.752. The summed E-state index contributed by atoms with van der Waals surface area (Å²) < 4.78 is 17.6. The van der Waals surface area contributed by atoms with Crippen LogP contribution in [0.4, 0.5) is 0 Å². The molecule has 2 aromatic carbocycles. The van der Waals surface area contributed by atoms with Crippen LogP contribution in [0, 0.1) is 0 Å². The summed E-state index contributed by atoms with van der Waals surface area (Å²) in [5.74, 6) is -1.30. The van der Waals surface area contributed by atoms with Crippen LogP contribution in [-0.2, 0) is 14.2 Å². The van der Waals surface area contributed by atoms with Gasteiger partial charge in [0.05, 0.1) is 11.1 Å². The van der Waals surface area contributed by atoms with Crippen LogP contribution in [0.3, 0.4) is 0 Å². The first-order chi connectivity index (χ1) is 16.3. The van der Waals surface area contributed by atoms with Crippen LogP contribution in [0.1, 0.15) is 33.4 Å². The van der Waals surface area contributed by atoms with Crippen LogP contribution in [0.5, 0.6) is 0 Å².